The van der Waals surface area contributed by atoms with Crippen molar-refractivity contribution in [1.82, 2.24) is 5.32 Å². The van der Waals surface area contributed by atoms with Crippen LogP contribution < -0.4 is 5.32 Å². The summed E-state index contributed by atoms with van der Waals surface area (Å²) in [7, 11) is 0. The van der Waals surface area contributed by atoms with Crippen LogP contribution in [0.4, 0.5) is 8.78 Å². The van der Waals surface area contributed by atoms with Gasteiger partial charge in [-0.05, 0) is 48.7 Å². The highest BCUT2D eigenvalue weighted by Gasteiger charge is 2.22. The fourth-order valence-electron chi connectivity index (χ4n) is 2.51. The van der Waals surface area contributed by atoms with Gasteiger partial charge in [-0.1, -0.05) is 29.5 Å². The SMILES string of the molecule is O=C(N[C@H](Cc1ccc(C#CC2CC2)c(F)c1)C(=O)O)c1ccc(F)c(Cl)c1. The minimum Gasteiger partial charge on any atom is -0.480 e. The van der Waals surface area contributed by atoms with Crippen LogP contribution in [0.5, 0.6) is 0 Å². The number of hydrogen-bond acceptors (Lipinski definition) is 2. The molecule has 3 rings (SSSR count). The number of carbonyl (C=O) groups excluding carboxylic acids is 1. The lowest BCUT2D eigenvalue weighted by atomic mass is 10.0. The lowest BCUT2D eigenvalue weighted by Gasteiger charge is -2.15. The third-order valence-corrected chi connectivity index (χ3v) is 4.54. The number of carboxylic acids is 1. The van der Waals surface area contributed by atoms with Gasteiger partial charge in [0.1, 0.15) is 17.7 Å². The van der Waals surface area contributed by atoms with Crippen molar-refractivity contribution >= 4 is 23.5 Å². The molecule has 0 radical (unpaired) electrons. The third-order valence-electron chi connectivity index (χ3n) is 4.25. The number of carboxylic acid groups (broad SMARTS) is 1. The fraction of sp³-hybridized carbons (Fsp3) is 0.238. The molecule has 2 aromatic rings. The molecule has 0 bridgehead atoms. The highest BCUT2D eigenvalue weighted by Crippen LogP contribution is 2.27. The van der Waals surface area contributed by atoms with Gasteiger partial charge < -0.3 is 10.4 Å². The maximum absolute atomic E-state index is 14.2. The van der Waals surface area contributed by atoms with Crippen molar-refractivity contribution in [2.45, 2.75) is 25.3 Å². The summed E-state index contributed by atoms with van der Waals surface area (Å²) in [5.41, 5.74) is 0.682. The number of hydrogen-bond donors (Lipinski definition) is 2. The van der Waals surface area contributed by atoms with Gasteiger partial charge in [0.2, 0.25) is 0 Å². The van der Waals surface area contributed by atoms with Gasteiger partial charge in [0.15, 0.2) is 0 Å². The Kier molecular flexibility index (Phi) is 5.96. The van der Waals surface area contributed by atoms with Gasteiger partial charge >= 0.3 is 5.97 Å². The zero-order chi connectivity index (χ0) is 20.3. The molecule has 0 unspecified atom stereocenters. The van der Waals surface area contributed by atoms with Gasteiger partial charge in [0, 0.05) is 17.9 Å². The minimum absolute atomic E-state index is 0.0227. The highest BCUT2D eigenvalue weighted by atomic mass is 35.5. The molecule has 1 amide bonds. The van der Waals surface area contributed by atoms with Crippen LogP contribution in [0.2, 0.25) is 5.02 Å². The van der Waals surface area contributed by atoms with E-state index in [4.69, 9.17) is 11.6 Å². The van der Waals surface area contributed by atoms with E-state index in [2.05, 4.69) is 17.2 Å². The molecule has 0 aliphatic heterocycles. The van der Waals surface area contributed by atoms with Gasteiger partial charge in [-0.2, -0.15) is 0 Å². The Morgan fingerprint density at radius 1 is 1.18 bits per heavy atom. The fourth-order valence-corrected chi connectivity index (χ4v) is 2.69. The first kappa shape index (κ1) is 19.8. The first-order valence-electron chi connectivity index (χ1n) is 8.62. The van der Waals surface area contributed by atoms with Crippen LogP contribution in [-0.4, -0.2) is 23.0 Å². The molecule has 1 atom stereocenters. The summed E-state index contributed by atoms with van der Waals surface area (Å²) in [6.07, 6.45) is 1.95. The van der Waals surface area contributed by atoms with E-state index in [0.29, 0.717) is 11.5 Å². The molecule has 0 spiro atoms. The van der Waals surface area contributed by atoms with E-state index in [9.17, 15) is 23.5 Å². The summed E-state index contributed by atoms with van der Waals surface area (Å²) in [6.45, 7) is 0. The molecule has 0 aromatic heterocycles. The van der Waals surface area contributed by atoms with Crippen molar-refractivity contribution in [3.63, 3.8) is 0 Å². The lowest BCUT2D eigenvalue weighted by Crippen LogP contribution is -2.42. The van der Waals surface area contributed by atoms with Crippen LogP contribution in [0.25, 0.3) is 0 Å². The maximum Gasteiger partial charge on any atom is 0.326 e. The molecule has 1 saturated carbocycles. The monoisotopic (exact) mass is 403 g/mol. The van der Waals surface area contributed by atoms with Gasteiger partial charge in [-0.3, -0.25) is 4.79 Å². The van der Waals surface area contributed by atoms with Crippen molar-refractivity contribution in [1.29, 1.82) is 0 Å². The topological polar surface area (TPSA) is 66.4 Å². The van der Waals surface area contributed by atoms with Crippen LogP contribution in [0.15, 0.2) is 36.4 Å². The molecular weight excluding hydrogens is 388 g/mol. The van der Waals surface area contributed by atoms with Crippen molar-refractivity contribution in [3.05, 3.63) is 69.7 Å². The Morgan fingerprint density at radius 2 is 1.93 bits per heavy atom. The van der Waals surface area contributed by atoms with E-state index in [1.165, 1.54) is 18.2 Å². The molecule has 1 aliphatic rings. The maximum atomic E-state index is 14.2. The zero-order valence-corrected chi connectivity index (χ0v) is 15.4. The number of halogens is 3. The number of amides is 1. The van der Waals surface area contributed by atoms with E-state index in [1.807, 2.05) is 0 Å². The second kappa shape index (κ2) is 8.41. The second-order valence-electron chi connectivity index (χ2n) is 6.56. The normalized spacial score (nSPS) is 14.0. The minimum atomic E-state index is -1.29. The molecule has 7 heteroatoms. The van der Waals surface area contributed by atoms with Gasteiger partial charge in [-0.25, -0.2) is 13.6 Å². The summed E-state index contributed by atoms with van der Waals surface area (Å²) in [6, 6.07) is 6.33. The first-order chi connectivity index (χ1) is 13.3. The summed E-state index contributed by atoms with van der Waals surface area (Å²) < 4.78 is 27.4. The summed E-state index contributed by atoms with van der Waals surface area (Å²) in [5, 5.41) is 11.5. The Balaban J connectivity index is 1.71. The van der Waals surface area contributed by atoms with Gasteiger partial charge in [0.25, 0.3) is 5.91 Å². The van der Waals surface area contributed by atoms with E-state index in [1.54, 1.807) is 6.07 Å². The zero-order valence-electron chi connectivity index (χ0n) is 14.6. The molecule has 0 saturated heterocycles. The van der Waals surface area contributed by atoms with Crippen molar-refractivity contribution in [3.8, 4) is 11.8 Å². The number of nitrogens with one attached hydrogen (secondary N) is 1. The number of rotatable bonds is 5. The molecule has 0 heterocycles. The van der Waals surface area contributed by atoms with Crippen LogP contribution in [0, 0.1) is 29.4 Å². The molecule has 28 heavy (non-hydrogen) atoms. The van der Waals surface area contributed by atoms with Crippen molar-refractivity contribution in [2.75, 3.05) is 0 Å². The Labute approximate surface area is 165 Å². The number of aliphatic carboxylic acids is 1. The van der Waals surface area contributed by atoms with E-state index < -0.39 is 29.6 Å². The Hall–Kier alpha value is -2.91. The molecule has 2 N–H and O–H groups in total. The summed E-state index contributed by atoms with van der Waals surface area (Å²) >= 11 is 5.64. The molecule has 144 valence electrons. The summed E-state index contributed by atoms with van der Waals surface area (Å²) in [4.78, 5) is 23.8. The van der Waals surface area contributed by atoms with E-state index in [-0.39, 0.29) is 22.6 Å². The van der Waals surface area contributed by atoms with Crippen molar-refractivity contribution < 1.29 is 23.5 Å². The highest BCUT2D eigenvalue weighted by molar-refractivity contribution is 6.31. The third kappa shape index (κ3) is 5.08. The van der Waals surface area contributed by atoms with Gasteiger partial charge in [-0.15, -0.1) is 0 Å². The van der Waals surface area contributed by atoms with Crippen LogP contribution >= 0.6 is 11.6 Å². The molecule has 1 fully saturated rings. The smallest absolute Gasteiger partial charge is 0.326 e. The quantitative estimate of drug-likeness (QED) is 0.746. The standard InChI is InChI=1S/C21H16ClF2NO3/c22-16-11-15(7-8-17(16)23)20(26)25-19(21(27)28)10-13-4-6-14(18(24)9-13)5-3-12-1-2-12/h4,6-9,11-12,19H,1-2,10H2,(H,25,26)(H,27,28)/t19-/m1/s1. The van der Waals surface area contributed by atoms with Gasteiger partial charge in [0.05, 0.1) is 10.6 Å². The Morgan fingerprint density at radius 3 is 2.54 bits per heavy atom. The van der Waals surface area contributed by atoms with E-state index >= 15 is 0 Å². The first-order valence-corrected chi connectivity index (χ1v) is 9.00. The lowest BCUT2D eigenvalue weighted by molar-refractivity contribution is -0.139. The van der Waals surface area contributed by atoms with Crippen LogP contribution in [0.3, 0.4) is 0 Å². The number of carbonyl (C=O) groups is 2. The Bertz CT molecular complexity index is 993. The molecule has 1 aliphatic carbocycles. The largest absolute Gasteiger partial charge is 0.480 e. The average Bonchev–Trinajstić information content (AvgIpc) is 3.47. The predicted octanol–water partition coefficient (Wildman–Crippen LogP) is 3.81. The van der Waals surface area contributed by atoms with E-state index in [0.717, 1.165) is 25.0 Å². The van der Waals surface area contributed by atoms with Crippen LogP contribution in [-0.2, 0) is 11.2 Å². The molecular formula is C21H16ClF2NO3. The molecule has 4 nitrogen and oxygen atoms in total. The average molecular weight is 404 g/mol. The second-order valence-corrected chi connectivity index (χ2v) is 6.96. The summed E-state index contributed by atoms with van der Waals surface area (Å²) in [5.74, 6) is 2.87. The van der Waals surface area contributed by atoms with Crippen LogP contribution in [0.1, 0.15) is 34.3 Å². The molecule has 2 aromatic carbocycles. The predicted molar refractivity (Wildman–Crippen MR) is 100 cm³/mol. The van der Waals surface area contributed by atoms with Crippen molar-refractivity contribution in [2.24, 2.45) is 5.92 Å². The number of benzene rings is 2.